The van der Waals surface area contributed by atoms with Gasteiger partial charge in [-0.25, -0.2) is 4.98 Å². The van der Waals surface area contributed by atoms with Gasteiger partial charge in [0.2, 0.25) is 0 Å². The summed E-state index contributed by atoms with van der Waals surface area (Å²) in [6, 6.07) is 5.69. The van der Waals surface area contributed by atoms with Crippen LogP contribution >= 0.6 is 0 Å². The minimum Gasteiger partial charge on any atom is -0.383 e. The maximum absolute atomic E-state index is 13.2. The van der Waals surface area contributed by atoms with Crippen molar-refractivity contribution in [2.45, 2.75) is 52.5 Å². The molecule has 1 aliphatic rings. The number of carbonyl (C=O) groups is 2. The molecule has 1 fully saturated rings. The standard InChI is InChI=1S/C22H29N5O2/c1-5-16-10-18(12-25-19(16)23)26-20(28)21(29)27-13-14(2)8-9-22(27,4)17-7-6-15(3)24-11-17/h6-7,10-12,14H,5,8-9,13H2,1-4H3,(H2,23,25)(H,26,28)/t14-,22-/m0/s1. The van der Waals surface area contributed by atoms with Crippen molar-refractivity contribution in [2.24, 2.45) is 5.92 Å². The third-order valence-electron chi connectivity index (χ3n) is 5.83. The number of piperidine rings is 1. The van der Waals surface area contributed by atoms with Crippen LogP contribution in [0.2, 0.25) is 0 Å². The molecular formula is C22H29N5O2. The Hall–Kier alpha value is -2.96. The van der Waals surface area contributed by atoms with E-state index in [0.717, 1.165) is 29.7 Å². The number of anilines is 2. The topological polar surface area (TPSA) is 101 Å². The lowest BCUT2D eigenvalue weighted by Crippen LogP contribution is -2.55. The number of nitrogens with two attached hydrogens (primary N) is 1. The highest BCUT2D eigenvalue weighted by Gasteiger charge is 2.43. The molecule has 0 aromatic carbocycles. The van der Waals surface area contributed by atoms with Crippen LogP contribution in [0.4, 0.5) is 11.5 Å². The first-order valence-electron chi connectivity index (χ1n) is 10.0. The first-order valence-corrected chi connectivity index (χ1v) is 10.0. The van der Waals surface area contributed by atoms with Crippen molar-refractivity contribution < 1.29 is 9.59 Å². The summed E-state index contributed by atoms with van der Waals surface area (Å²) in [5, 5.41) is 2.69. The lowest BCUT2D eigenvalue weighted by molar-refractivity contribution is -0.150. The minimum absolute atomic E-state index is 0.322. The van der Waals surface area contributed by atoms with E-state index in [1.54, 1.807) is 17.2 Å². The SMILES string of the molecule is CCc1cc(NC(=O)C(=O)N2C[C@@H](C)CC[C@@]2(C)c2ccc(C)nc2)cnc1N. The molecule has 3 rings (SSSR count). The van der Waals surface area contributed by atoms with Gasteiger partial charge in [0.05, 0.1) is 17.4 Å². The highest BCUT2D eigenvalue weighted by molar-refractivity contribution is 6.39. The Morgan fingerprint density at radius 1 is 1.31 bits per heavy atom. The number of rotatable bonds is 3. The molecule has 2 amide bonds. The Labute approximate surface area is 171 Å². The first-order chi connectivity index (χ1) is 13.7. The van der Waals surface area contributed by atoms with Crippen molar-refractivity contribution in [3.8, 4) is 0 Å². The molecule has 3 N–H and O–H groups in total. The van der Waals surface area contributed by atoms with E-state index in [4.69, 9.17) is 5.73 Å². The summed E-state index contributed by atoms with van der Waals surface area (Å²) in [4.78, 5) is 36.2. The minimum atomic E-state index is -0.668. The van der Waals surface area contributed by atoms with Gasteiger partial charge in [0.25, 0.3) is 0 Å². The van der Waals surface area contributed by atoms with Crippen LogP contribution in [0.1, 0.15) is 50.4 Å². The van der Waals surface area contributed by atoms with E-state index in [0.29, 0.717) is 30.4 Å². The Morgan fingerprint density at radius 3 is 2.72 bits per heavy atom. The highest BCUT2D eigenvalue weighted by atomic mass is 16.2. The third kappa shape index (κ3) is 4.23. The fourth-order valence-electron chi connectivity index (χ4n) is 3.84. The maximum atomic E-state index is 13.2. The lowest BCUT2D eigenvalue weighted by Gasteiger charge is -2.46. The van der Waals surface area contributed by atoms with Crippen molar-refractivity contribution in [3.05, 3.63) is 47.4 Å². The summed E-state index contributed by atoms with van der Waals surface area (Å²) in [6.07, 6.45) is 5.74. The molecule has 7 heteroatoms. The van der Waals surface area contributed by atoms with Crippen molar-refractivity contribution in [1.29, 1.82) is 0 Å². The number of amides is 2. The number of aryl methyl sites for hydroxylation is 2. The van der Waals surface area contributed by atoms with Crippen LogP contribution in [0.15, 0.2) is 30.6 Å². The smallest absolute Gasteiger partial charge is 0.313 e. The molecule has 2 atom stereocenters. The Morgan fingerprint density at radius 2 is 2.07 bits per heavy atom. The third-order valence-corrected chi connectivity index (χ3v) is 5.83. The molecule has 0 aliphatic carbocycles. The fourth-order valence-corrected chi connectivity index (χ4v) is 3.84. The predicted molar refractivity (Wildman–Crippen MR) is 113 cm³/mol. The van der Waals surface area contributed by atoms with Gasteiger partial charge >= 0.3 is 11.8 Å². The largest absolute Gasteiger partial charge is 0.383 e. The maximum Gasteiger partial charge on any atom is 0.313 e. The Balaban J connectivity index is 1.85. The second kappa shape index (κ2) is 8.19. The van der Waals surface area contributed by atoms with Crippen LogP contribution in [0.25, 0.3) is 0 Å². The van der Waals surface area contributed by atoms with Crippen molar-refractivity contribution in [1.82, 2.24) is 14.9 Å². The summed E-state index contributed by atoms with van der Waals surface area (Å²) < 4.78 is 0. The van der Waals surface area contributed by atoms with E-state index in [9.17, 15) is 9.59 Å². The lowest BCUT2D eigenvalue weighted by atomic mass is 9.79. The second-order valence-electron chi connectivity index (χ2n) is 8.10. The summed E-state index contributed by atoms with van der Waals surface area (Å²) in [7, 11) is 0. The predicted octanol–water partition coefficient (Wildman–Crippen LogP) is 3.04. The molecule has 2 aromatic rings. The van der Waals surface area contributed by atoms with Gasteiger partial charge in [0.15, 0.2) is 0 Å². The molecule has 0 bridgehead atoms. The number of aromatic nitrogens is 2. The number of pyridine rings is 2. The van der Waals surface area contributed by atoms with E-state index in [2.05, 4.69) is 22.2 Å². The molecule has 29 heavy (non-hydrogen) atoms. The number of hydrogen-bond acceptors (Lipinski definition) is 5. The summed E-state index contributed by atoms with van der Waals surface area (Å²) in [5.74, 6) is -0.460. The first kappa shape index (κ1) is 20.8. The molecule has 154 valence electrons. The molecule has 0 saturated carbocycles. The zero-order valence-corrected chi connectivity index (χ0v) is 17.5. The number of nitrogens with one attached hydrogen (secondary N) is 1. The molecule has 2 aromatic heterocycles. The molecule has 0 radical (unpaired) electrons. The Kier molecular flexibility index (Phi) is 5.86. The van der Waals surface area contributed by atoms with Gasteiger partial charge in [0, 0.05) is 18.4 Å². The quantitative estimate of drug-likeness (QED) is 0.778. The zero-order valence-electron chi connectivity index (χ0n) is 17.5. The number of hydrogen-bond donors (Lipinski definition) is 2. The van der Waals surface area contributed by atoms with Crippen LogP contribution in [0, 0.1) is 12.8 Å². The molecular weight excluding hydrogens is 366 g/mol. The number of nitrogens with zero attached hydrogens (tertiary/aromatic N) is 3. The highest BCUT2D eigenvalue weighted by Crippen LogP contribution is 2.39. The molecule has 0 unspecified atom stereocenters. The van der Waals surface area contributed by atoms with Crippen LogP contribution < -0.4 is 11.1 Å². The van der Waals surface area contributed by atoms with E-state index < -0.39 is 17.4 Å². The number of carbonyl (C=O) groups excluding carboxylic acids is 2. The van der Waals surface area contributed by atoms with Crippen molar-refractivity contribution >= 4 is 23.3 Å². The van der Waals surface area contributed by atoms with Gasteiger partial charge in [-0.1, -0.05) is 19.9 Å². The second-order valence-corrected chi connectivity index (χ2v) is 8.10. The summed E-state index contributed by atoms with van der Waals surface area (Å²) in [5.41, 5.74) is 8.42. The molecule has 0 spiro atoms. The monoisotopic (exact) mass is 395 g/mol. The van der Waals surface area contributed by atoms with Crippen LogP contribution in [-0.4, -0.2) is 33.2 Å². The molecule has 7 nitrogen and oxygen atoms in total. The van der Waals surface area contributed by atoms with E-state index in [1.807, 2.05) is 32.9 Å². The number of nitrogen functional groups attached to an aromatic ring is 1. The van der Waals surface area contributed by atoms with Gasteiger partial charge < -0.3 is 16.0 Å². The normalized spacial score (nSPS) is 21.7. The van der Waals surface area contributed by atoms with Gasteiger partial charge in [-0.15, -0.1) is 0 Å². The van der Waals surface area contributed by atoms with Gasteiger partial charge in [0.1, 0.15) is 5.82 Å². The fraction of sp³-hybridized carbons (Fsp3) is 0.455. The molecule has 3 heterocycles. The van der Waals surface area contributed by atoms with Crippen LogP contribution in [0.5, 0.6) is 0 Å². The van der Waals surface area contributed by atoms with E-state index in [1.165, 1.54) is 6.20 Å². The zero-order chi connectivity index (χ0) is 21.2. The van der Waals surface area contributed by atoms with Gasteiger partial charge in [-0.2, -0.15) is 0 Å². The van der Waals surface area contributed by atoms with Crippen LogP contribution in [0.3, 0.4) is 0 Å². The average Bonchev–Trinajstić information content (AvgIpc) is 2.71. The van der Waals surface area contributed by atoms with Gasteiger partial charge in [-0.3, -0.25) is 14.6 Å². The average molecular weight is 396 g/mol. The summed E-state index contributed by atoms with van der Waals surface area (Å²) >= 11 is 0. The summed E-state index contributed by atoms with van der Waals surface area (Å²) in [6.45, 7) is 8.52. The Bertz CT molecular complexity index is 912. The van der Waals surface area contributed by atoms with Crippen molar-refractivity contribution in [3.63, 3.8) is 0 Å². The number of likely N-dealkylation sites (tertiary alicyclic amines) is 1. The van der Waals surface area contributed by atoms with Gasteiger partial charge in [-0.05, 0) is 62.3 Å². The molecule has 1 saturated heterocycles. The van der Waals surface area contributed by atoms with E-state index >= 15 is 0 Å². The van der Waals surface area contributed by atoms with Crippen molar-refractivity contribution in [2.75, 3.05) is 17.6 Å². The van der Waals surface area contributed by atoms with Crippen LogP contribution in [-0.2, 0) is 21.5 Å². The molecule has 1 aliphatic heterocycles. The van der Waals surface area contributed by atoms with E-state index in [-0.39, 0.29) is 0 Å².